The van der Waals surface area contributed by atoms with Gasteiger partial charge in [0.05, 0.1) is 15.6 Å². The van der Waals surface area contributed by atoms with Crippen LogP contribution in [-0.4, -0.2) is 15.2 Å². The molecule has 0 saturated heterocycles. The van der Waals surface area contributed by atoms with Gasteiger partial charge in [0, 0.05) is 5.56 Å². The highest BCUT2D eigenvalue weighted by Crippen LogP contribution is 2.38. The van der Waals surface area contributed by atoms with Crippen molar-refractivity contribution in [2.24, 2.45) is 0 Å². The second-order valence-electron chi connectivity index (χ2n) is 3.86. The molecule has 2 heterocycles. The predicted octanol–water partition coefficient (Wildman–Crippen LogP) is 3.87. The molecule has 4 nitrogen and oxygen atoms in total. The van der Waals surface area contributed by atoms with Gasteiger partial charge in [0.25, 0.3) is 0 Å². The van der Waals surface area contributed by atoms with Crippen molar-refractivity contribution in [2.75, 3.05) is 5.73 Å². The zero-order valence-corrected chi connectivity index (χ0v) is 12.3. The molecule has 0 amide bonds. The number of anilines is 1. The van der Waals surface area contributed by atoms with E-state index in [0.29, 0.717) is 10.2 Å². The van der Waals surface area contributed by atoms with E-state index >= 15 is 0 Å². The quantitative estimate of drug-likeness (QED) is 0.780. The van der Waals surface area contributed by atoms with E-state index in [0.717, 1.165) is 26.1 Å². The Balaban J connectivity index is 2.10. The molecule has 0 unspecified atom stereocenters. The molecular weight excluding hydrogens is 300 g/mol. The van der Waals surface area contributed by atoms with E-state index in [1.807, 2.05) is 31.2 Å². The van der Waals surface area contributed by atoms with Crippen LogP contribution >= 0.6 is 34.3 Å². The number of nitrogens with two attached hydrogens (primary N) is 1. The highest BCUT2D eigenvalue weighted by atomic mass is 35.5. The summed E-state index contributed by atoms with van der Waals surface area (Å²) < 4.78 is 0. The molecule has 0 aliphatic rings. The number of aromatic nitrogens is 3. The molecular formula is C12H9ClN4S2. The second-order valence-corrected chi connectivity index (χ2v) is 6.27. The molecule has 7 heteroatoms. The van der Waals surface area contributed by atoms with Crippen molar-refractivity contribution in [3.63, 3.8) is 0 Å². The summed E-state index contributed by atoms with van der Waals surface area (Å²) >= 11 is 9.10. The fraction of sp³-hybridized carbons (Fsp3) is 0.0833. The van der Waals surface area contributed by atoms with E-state index in [-0.39, 0.29) is 0 Å². The molecule has 0 aliphatic heterocycles. The molecule has 0 bridgehead atoms. The molecule has 0 radical (unpaired) electrons. The van der Waals surface area contributed by atoms with E-state index < -0.39 is 0 Å². The van der Waals surface area contributed by atoms with E-state index in [9.17, 15) is 0 Å². The van der Waals surface area contributed by atoms with Gasteiger partial charge in [-0.15, -0.1) is 21.5 Å². The van der Waals surface area contributed by atoms with Gasteiger partial charge in [-0.25, -0.2) is 4.98 Å². The summed E-state index contributed by atoms with van der Waals surface area (Å²) in [6.45, 7) is 1.95. The SMILES string of the molecule is Cc1nc(-c2ccccc2Cl)sc1-c1nnc(N)s1. The average molecular weight is 309 g/mol. The first kappa shape index (κ1) is 12.5. The molecule has 0 spiro atoms. The van der Waals surface area contributed by atoms with Crippen LogP contribution in [0.3, 0.4) is 0 Å². The van der Waals surface area contributed by atoms with Crippen molar-refractivity contribution >= 4 is 39.4 Å². The number of hydrogen-bond donors (Lipinski definition) is 1. The lowest BCUT2D eigenvalue weighted by atomic mass is 10.2. The highest BCUT2D eigenvalue weighted by Gasteiger charge is 2.16. The van der Waals surface area contributed by atoms with Crippen LogP contribution in [0.2, 0.25) is 5.02 Å². The van der Waals surface area contributed by atoms with Gasteiger partial charge in [0.15, 0.2) is 5.01 Å². The number of benzene rings is 1. The topological polar surface area (TPSA) is 64.7 Å². The molecule has 0 fully saturated rings. The van der Waals surface area contributed by atoms with E-state index in [1.165, 1.54) is 11.3 Å². The molecule has 0 saturated carbocycles. The van der Waals surface area contributed by atoms with Crippen LogP contribution in [0.5, 0.6) is 0 Å². The van der Waals surface area contributed by atoms with Gasteiger partial charge in [-0.2, -0.15) is 0 Å². The second kappa shape index (κ2) is 4.88. The van der Waals surface area contributed by atoms with Gasteiger partial charge in [-0.05, 0) is 13.0 Å². The van der Waals surface area contributed by atoms with Crippen molar-refractivity contribution in [3.8, 4) is 20.5 Å². The lowest BCUT2D eigenvalue weighted by Crippen LogP contribution is -1.80. The number of rotatable bonds is 2. The van der Waals surface area contributed by atoms with Crippen molar-refractivity contribution < 1.29 is 0 Å². The Hall–Kier alpha value is -1.50. The van der Waals surface area contributed by atoms with E-state index in [1.54, 1.807) is 11.3 Å². The zero-order chi connectivity index (χ0) is 13.4. The van der Waals surface area contributed by atoms with Crippen molar-refractivity contribution in [2.45, 2.75) is 6.92 Å². The maximum absolute atomic E-state index is 6.19. The standard InChI is InChI=1S/C12H9ClN4S2/c1-6-9(11-16-17-12(14)19-11)18-10(15-6)7-4-2-3-5-8(7)13/h2-5H,1H3,(H2,14,17). The third-order valence-corrected chi connectivity index (χ3v) is 4.96. The third kappa shape index (κ3) is 2.34. The Morgan fingerprint density at radius 1 is 1.11 bits per heavy atom. The molecule has 3 rings (SSSR count). The summed E-state index contributed by atoms with van der Waals surface area (Å²) in [5.74, 6) is 0. The number of halogens is 1. The zero-order valence-electron chi connectivity index (χ0n) is 9.92. The normalized spacial score (nSPS) is 10.8. The summed E-state index contributed by atoms with van der Waals surface area (Å²) in [4.78, 5) is 5.55. The predicted molar refractivity (Wildman–Crippen MR) is 80.6 cm³/mol. The Morgan fingerprint density at radius 3 is 2.58 bits per heavy atom. The molecule has 2 aromatic heterocycles. The smallest absolute Gasteiger partial charge is 0.203 e. The minimum Gasteiger partial charge on any atom is -0.374 e. The number of nitrogens with zero attached hydrogens (tertiary/aromatic N) is 3. The lowest BCUT2D eigenvalue weighted by molar-refractivity contribution is 1.10. The Bertz CT molecular complexity index is 735. The van der Waals surface area contributed by atoms with Crippen molar-refractivity contribution in [1.82, 2.24) is 15.2 Å². The average Bonchev–Trinajstić information content (AvgIpc) is 2.96. The molecule has 1 aromatic carbocycles. The van der Waals surface area contributed by atoms with Crippen molar-refractivity contribution in [1.29, 1.82) is 0 Å². The maximum atomic E-state index is 6.19. The maximum Gasteiger partial charge on any atom is 0.203 e. The Kier molecular flexibility index (Phi) is 3.22. The fourth-order valence-electron chi connectivity index (χ4n) is 1.67. The monoisotopic (exact) mass is 308 g/mol. The molecule has 0 aliphatic carbocycles. The van der Waals surface area contributed by atoms with Crippen LogP contribution in [0, 0.1) is 6.92 Å². The third-order valence-electron chi connectivity index (χ3n) is 2.54. The summed E-state index contributed by atoms with van der Waals surface area (Å²) in [6, 6.07) is 7.66. The number of nitrogen functional groups attached to an aromatic ring is 1. The summed E-state index contributed by atoms with van der Waals surface area (Å²) in [5, 5.41) is 10.7. The molecule has 96 valence electrons. The summed E-state index contributed by atoms with van der Waals surface area (Å²) in [7, 11) is 0. The number of thiazole rings is 1. The Labute approximate surface area is 122 Å². The van der Waals surface area contributed by atoms with Crippen LogP contribution in [0.1, 0.15) is 5.69 Å². The van der Waals surface area contributed by atoms with Crippen LogP contribution < -0.4 is 5.73 Å². The summed E-state index contributed by atoms with van der Waals surface area (Å²) in [5.41, 5.74) is 7.46. The first-order valence-corrected chi connectivity index (χ1v) is 7.48. The highest BCUT2D eigenvalue weighted by molar-refractivity contribution is 7.24. The molecule has 2 N–H and O–H groups in total. The van der Waals surface area contributed by atoms with Gasteiger partial charge in [0.2, 0.25) is 5.13 Å². The van der Waals surface area contributed by atoms with Gasteiger partial charge in [-0.3, -0.25) is 0 Å². The lowest BCUT2D eigenvalue weighted by Gasteiger charge is -1.97. The van der Waals surface area contributed by atoms with Gasteiger partial charge in [-0.1, -0.05) is 41.1 Å². The van der Waals surface area contributed by atoms with Crippen LogP contribution in [0.15, 0.2) is 24.3 Å². The van der Waals surface area contributed by atoms with E-state index in [4.69, 9.17) is 17.3 Å². The first-order valence-electron chi connectivity index (χ1n) is 5.47. The molecule has 0 atom stereocenters. The first-order chi connectivity index (χ1) is 9.15. The number of hydrogen-bond acceptors (Lipinski definition) is 6. The van der Waals surface area contributed by atoms with Crippen LogP contribution in [-0.2, 0) is 0 Å². The van der Waals surface area contributed by atoms with Gasteiger partial charge in [0.1, 0.15) is 5.01 Å². The number of aryl methyl sites for hydroxylation is 1. The minimum atomic E-state index is 0.460. The van der Waals surface area contributed by atoms with E-state index in [2.05, 4.69) is 15.2 Å². The summed E-state index contributed by atoms with van der Waals surface area (Å²) in [6.07, 6.45) is 0. The molecule has 19 heavy (non-hydrogen) atoms. The van der Waals surface area contributed by atoms with Gasteiger partial charge >= 0.3 is 0 Å². The van der Waals surface area contributed by atoms with Crippen LogP contribution in [0.25, 0.3) is 20.5 Å². The van der Waals surface area contributed by atoms with Crippen molar-refractivity contribution in [3.05, 3.63) is 35.0 Å². The van der Waals surface area contributed by atoms with Crippen LogP contribution in [0.4, 0.5) is 5.13 Å². The Morgan fingerprint density at radius 2 is 1.89 bits per heavy atom. The minimum absolute atomic E-state index is 0.460. The largest absolute Gasteiger partial charge is 0.374 e. The fourth-order valence-corrected chi connectivity index (χ4v) is 3.79. The molecule has 3 aromatic rings. The van der Waals surface area contributed by atoms with Gasteiger partial charge < -0.3 is 5.73 Å².